The van der Waals surface area contributed by atoms with E-state index >= 15 is 0 Å². The first kappa shape index (κ1) is 22.8. The van der Waals surface area contributed by atoms with Gasteiger partial charge in [0.15, 0.2) is 5.78 Å². The van der Waals surface area contributed by atoms with Gasteiger partial charge in [0.25, 0.3) is 0 Å². The topological polar surface area (TPSA) is 90.9 Å². The fourth-order valence-electron chi connectivity index (χ4n) is 2.40. The monoisotopic (exact) mass is 379 g/mol. The lowest BCUT2D eigenvalue weighted by molar-refractivity contribution is -0.145. The summed E-state index contributed by atoms with van der Waals surface area (Å²) in [7, 11) is 1.59. The van der Waals surface area contributed by atoms with Gasteiger partial charge in [0.2, 0.25) is 5.91 Å². The van der Waals surface area contributed by atoms with Crippen molar-refractivity contribution in [3.05, 3.63) is 35.9 Å². The van der Waals surface area contributed by atoms with E-state index in [0.717, 1.165) is 5.56 Å². The average molecular weight is 379 g/mol. The van der Waals surface area contributed by atoms with Crippen LogP contribution in [0.3, 0.4) is 0 Å². The number of rotatable bonds is 14. The number of carbonyl (C=O) groups excluding carboxylic acids is 3. The molecule has 1 N–H and O–H groups in total. The van der Waals surface area contributed by atoms with Crippen LogP contribution in [0.1, 0.15) is 38.2 Å². The van der Waals surface area contributed by atoms with Crippen LogP contribution in [0.15, 0.2) is 30.3 Å². The molecule has 1 aromatic rings. The molecule has 150 valence electrons. The van der Waals surface area contributed by atoms with Crippen molar-refractivity contribution in [2.24, 2.45) is 0 Å². The number of hydrogen-bond acceptors (Lipinski definition) is 6. The van der Waals surface area contributed by atoms with Crippen molar-refractivity contribution in [3.8, 4) is 0 Å². The molecule has 1 amide bonds. The lowest BCUT2D eigenvalue weighted by atomic mass is 10.0. The molecule has 0 radical (unpaired) electrons. The Morgan fingerprint density at radius 2 is 1.78 bits per heavy atom. The van der Waals surface area contributed by atoms with Gasteiger partial charge in [-0.05, 0) is 18.4 Å². The van der Waals surface area contributed by atoms with Gasteiger partial charge in [0, 0.05) is 33.5 Å². The van der Waals surface area contributed by atoms with Gasteiger partial charge < -0.3 is 19.5 Å². The SMILES string of the molecule is COCCOCCCC(=O)[C@H](CCC(=O)OCc1ccccc1)NC(C)=O. The van der Waals surface area contributed by atoms with Crippen LogP contribution in [-0.4, -0.2) is 50.6 Å². The number of esters is 1. The summed E-state index contributed by atoms with van der Waals surface area (Å²) in [5, 5.41) is 2.61. The highest BCUT2D eigenvalue weighted by Crippen LogP contribution is 2.07. The molecule has 0 unspecified atom stereocenters. The van der Waals surface area contributed by atoms with Gasteiger partial charge in [-0.3, -0.25) is 14.4 Å². The normalized spacial score (nSPS) is 11.6. The molecule has 0 aliphatic heterocycles. The number of methoxy groups -OCH3 is 1. The van der Waals surface area contributed by atoms with E-state index in [0.29, 0.717) is 26.2 Å². The van der Waals surface area contributed by atoms with Crippen LogP contribution in [0.5, 0.6) is 0 Å². The molecule has 0 heterocycles. The molecular weight excluding hydrogens is 350 g/mol. The maximum atomic E-state index is 12.3. The standard InChI is InChI=1S/C20H29NO6/c1-16(22)21-18(19(23)9-6-12-26-14-13-25-2)10-11-20(24)27-15-17-7-4-3-5-8-17/h3-5,7-8,18H,6,9-15H2,1-2H3,(H,21,22)/t18-/m0/s1. The number of benzene rings is 1. The highest BCUT2D eigenvalue weighted by molar-refractivity contribution is 5.88. The first-order chi connectivity index (χ1) is 13.0. The van der Waals surface area contributed by atoms with Gasteiger partial charge in [-0.15, -0.1) is 0 Å². The molecule has 0 aromatic heterocycles. The smallest absolute Gasteiger partial charge is 0.306 e. The second kappa shape index (κ2) is 13.9. The molecule has 1 atom stereocenters. The minimum absolute atomic E-state index is 0.0634. The molecule has 0 aliphatic carbocycles. The van der Waals surface area contributed by atoms with Gasteiger partial charge in [0.05, 0.1) is 19.3 Å². The molecular formula is C20H29NO6. The maximum Gasteiger partial charge on any atom is 0.306 e. The summed E-state index contributed by atoms with van der Waals surface area (Å²) in [5.74, 6) is -0.816. The van der Waals surface area contributed by atoms with Gasteiger partial charge in [-0.25, -0.2) is 0 Å². The van der Waals surface area contributed by atoms with E-state index in [9.17, 15) is 14.4 Å². The van der Waals surface area contributed by atoms with Crippen LogP contribution >= 0.6 is 0 Å². The quantitative estimate of drug-likeness (QED) is 0.393. The van der Waals surface area contributed by atoms with Gasteiger partial charge in [-0.2, -0.15) is 0 Å². The second-order valence-corrected chi connectivity index (χ2v) is 6.11. The predicted molar refractivity (Wildman–Crippen MR) is 100 cm³/mol. The Kier molecular flexibility index (Phi) is 11.7. The molecule has 0 spiro atoms. The van der Waals surface area contributed by atoms with Crippen molar-refractivity contribution in [1.82, 2.24) is 5.32 Å². The molecule has 0 saturated carbocycles. The maximum absolute atomic E-state index is 12.3. The molecule has 0 saturated heterocycles. The van der Waals surface area contributed by atoms with Gasteiger partial charge >= 0.3 is 5.97 Å². The minimum atomic E-state index is -0.689. The van der Waals surface area contributed by atoms with Crippen molar-refractivity contribution in [3.63, 3.8) is 0 Å². The van der Waals surface area contributed by atoms with Crippen molar-refractivity contribution < 1.29 is 28.6 Å². The Bertz CT molecular complexity index is 575. The average Bonchev–Trinajstić information content (AvgIpc) is 2.66. The van der Waals surface area contributed by atoms with Crippen LogP contribution in [0, 0.1) is 0 Å². The summed E-state index contributed by atoms with van der Waals surface area (Å²) in [6.07, 6.45) is 1.11. The Labute approximate surface area is 160 Å². The zero-order valence-electron chi connectivity index (χ0n) is 16.1. The zero-order valence-corrected chi connectivity index (χ0v) is 16.1. The molecule has 0 fully saturated rings. The first-order valence-electron chi connectivity index (χ1n) is 9.09. The van der Waals surface area contributed by atoms with Crippen LogP contribution in [-0.2, 0) is 35.2 Å². The van der Waals surface area contributed by atoms with Gasteiger partial charge in [0.1, 0.15) is 6.61 Å². The highest BCUT2D eigenvalue weighted by Gasteiger charge is 2.20. The summed E-state index contributed by atoms with van der Waals surface area (Å²) in [5.41, 5.74) is 0.897. The second-order valence-electron chi connectivity index (χ2n) is 6.11. The van der Waals surface area contributed by atoms with E-state index < -0.39 is 12.0 Å². The Hall–Kier alpha value is -2.25. The van der Waals surface area contributed by atoms with E-state index in [1.807, 2.05) is 30.3 Å². The van der Waals surface area contributed by atoms with Crippen molar-refractivity contribution in [2.75, 3.05) is 26.9 Å². The third-order valence-electron chi connectivity index (χ3n) is 3.79. The Morgan fingerprint density at radius 3 is 2.44 bits per heavy atom. The number of ether oxygens (including phenoxy) is 3. The number of hydrogen-bond donors (Lipinski definition) is 1. The molecule has 0 aliphatic rings. The molecule has 1 aromatic carbocycles. The van der Waals surface area contributed by atoms with Gasteiger partial charge in [-0.1, -0.05) is 30.3 Å². The van der Waals surface area contributed by atoms with Crippen LogP contribution in [0.4, 0.5) is 0 Å². The number of nitrogens with one attached hydrogen (secondary N) is 1. The van der Waals surface area contributed by atoms with E-state index in [1.54, 1.807) is 7.11 Å². The molecule has 7 nitrogen and oxygen atoms in total. The van der Waals surface area contributed by atoms with E-state index in [1.165, 1.54) is 6.92 Å². The van der Waals surface area contributed by atoms with E-state index in [2.05, 4.69) is 5.32 Å². The Morgan fingerprint density at radius 1 is 1.04 bits per heavy atom. The summed E-state index contributed by atoms with van der Waals surface area (Å²) in [6.45, 7) is 2.97. The summed E-state index contributed by atoms with van der Waals surface area (Å²) < 4.78 is 15.4. The number of amides is 1. The summed E-state index contributed by atoms with van der Waals surface area (Å²) in [6, 6.07) is 8.67. The fraction of sp³-hybridized carbons (Fsp3) is 0.550. The number of carbonyl (C=O) groups is 3. The van der Waals surface area contributed by atoms with Crippen molar-refractivity contribution in [2.45, 2.75) is 45.3 Å². The molecule has 7 heteroatoms. The van der Waals surface area contributed by atoms with E-state index in [-0.39, 0.29) is 37.6 Å². The van der Waals surface area contributed by atoms with Crippen molar-refractivity contribution in [1.29, 1.82) is 0 Å². The van der Waals surface area contributed by atoms with Crippen LogP contribution < -0.4 is 5.32 Å². The summed E-state index contributed by atoms with van der Waals surface area (Å²) >= 11 is 0. The highest BCUT2D eigenvalue weighted by atomic mass is 16.5. The largest absolute Gasteiger partial charge is 0.461 e. The third kappa shape index (κ3) is 11.1. The molecule has 1 rings (SSSR count). The Balaban J connectivity index is 2.34. The number of ketones is 1. The zero-order chi connectivity index (χ0) is 19.9. The van der Waals surface area contributed by atoms with E-state index in [4.69, 9.17) is 14.2 Å². The third-order valence-corrected chi connectivity index (χ3v) is 3.79. The molecule has 0 bridgehead atoms. The first-order valence-corrected chi connectivity index (χ1v) is 9.09. The molecule has 27 heavy (non-hydrogen) atoms. The lowest BCUT2D eigenvalue weighted by Crippen LogP contribution is -2.40. The van der Waals surface area contributed by atoms with Crippen molar-refractivity contribution >= 4 is 17.7 Å². The lowest BCUT2D eigenvalue weighted by Gasteiger charge is -2.16. The summed E-state index contributed by atoms with van der Waals surface area (Å²) in [4.78, 5) is 35.6. The fourth-order valence-corrected chi connectivity index (χ4v) is 2.40. The number of Topliss-reactive ketones (excluding diaryl/α,β-unsaturated/α-hetero) is 1. The van der Waals surface area contributed by atoms with Crippen LogP contribution in [0.2, 0.25) is 0 Å². The van der Waals surface area contributed by atoms with Crippen LogP contribution in [0.25, 0.3) is 0 Å². The minimum Gasteiger partial charge on any atom is -0.461 e. The predicted octanol–water partition coefficient (Wildman–Crippen LogP) is 2.03.